The van der Waals surface area contributed by atoms with Gasteiger partial charge in [0.05, 0.1) is 29.9 Å². The van der Waals surface area contributed by atoms with Crippen LogP contribution in [0.4, 0.5) is 5.69 Å². The largest absolute Gasteiger partial charge is 0.467 e. The Labute approximate surface area is 121 Å². The zero-order chi connectivity index (χ0) is 14.8. The van der Waals surface area contributed by atoms with Crippen LogP contribution in [0.1, 0.15) is 6.92 Å². The fraction of sp³-hybridized carbons (Fsp3) is 0.286. The first kappa shape index (κ1) is 14.6. The number of nitrogens with zero attached hydrogens (tertiary/aromatic N) is 1. The maximum absolute atomic E-state index is 11.4. The molecule has 0 bridgehead atoms. The minimum Gasteiger partial charge on any atom is -0.467 e. The minimum absolute atomic E-state index is 0.00692. The van der Waals surface area contributed by atoms with E-state index in [1.165, 1.54) is 14.0 Å². The molecule has 1 unspecified atom stereocenters. The summed E-state index contributed by atoms with van der Waals surface area (Å²) in [5, 5.41) is 14.4. The summed E-state index contributed by atoms with van der Waals surface area (Å²) < 4.78 is 4.54. The normalized spacial score (nSPS) is 13.8. The predicted octanol–water partition coefficient (Wildman–Crippen LogP) is 2.22. The van der Waals surface area contributed by atoms with Gasteiger partial charge in [-0.2, -0.15) is 0 Å². The van der Waals surface area contributed by atoms with Gasteiger partial charge in [-0.05, 0) is 31.2 Å². The highest BCUT2D eigenvalue weighted by molar-refractivity contribution is 6.35. The summed E-state index contributed by atoms with van der Waals surface area (Å²) in [5.41, 5.74) is -0.245. The van der Waals surface area contributed by atoms with Gasteiger partial charge >= 0.3 is 5.97 Å². The first-order valence-corrected chi connectivity index (χ1v) is 6.41. The maximum Gasteiger partial charge on any atom is 0.339 e. The summed E-state index contributed by atoms with van der Waals surface area (Å²) in [7, 11) is 1.23. The van der Waals surface area contributed by atoms with Crippen LogP contribution in [-0.4, -0.2) is 35.3 Å². The van der Waals surface area contributed by atoms with Crippen molar-refractivity contribution in [2.75, 3.05) is 19.0 Å². The van der Waals surface area contributed by atoms with Crippen LogP contribution in [0.5, 0.6) is 0 Å². The van der Waals surface area contributed by atoms with Crippen molar-refractivity contribution < 1.29 is 14.6 Å². The zero-order valence-electron chi connectivity index (χ0n) is 11.2. The SMILES string of the molecule is COC(=O)C(C)(O)CNc1ccc(Cl)c2cccnc12. The Morgan fingerprint density at radius 1 is 1.50 bits per heavy atom. The molecule has 1 atom stereocenters. The van der Waals surface area contributed by atoms with E-state index in [-0.39, 0.29) is 6.54 Å². The third-order valence-electron chi connectivity index (χ3n) is 2.96. The Morgan fingerprint density at radius 3 is 2.95 bits per heavy atom. The van der Waals surface area contributed by atoms with Crippen molar-refractivity contribution in [3.05, 3.63) is 35.5 Å². The molecule has 0 amide bonds. The summed E-state index contributed by atoms with van der Waals surface area (Å²) in [6, 6.07) is 7.14. The molecule has 1 aromatic heterocycles. The van der Waals surface area contributed by atoms with E-state index in [0.29, 0.717) is 16.2 Å². The van der Waals surface area contributed by atoms with E-state index < -0.39 is 11.6 Å². The van der Waals surface area contributed by atoms with Crippen molar-refractivity contribution >= 4 is 34.2 Å². The molecule has 0 aliphatic carbocycles. The van der Waals surface area contributed by atoms with Gasteiger partial charge in [0.2, 0.25) is 0 Å². The summed E-state index contributed by atoms with van der Waals surface area (Å²) >= 11 is 6.10. The lowest BCUT2D eigenvalue weighted by Crippen LogP contribution is -2.42. The van der Waals surface area contributed by atoms with Gasteiger partial charge in [-0.1, -0.05) is 11.6 Å². The fourth-order valence-corrected chi connectivity index (χ4v) is 2.06. The Hall–Kier alpha value is -1.85. The number of aromatic nitrogens is 1. The predicted molar refractivity (Wildman–Crippen MR) is 77.9 cm³/mol. The first-order valence-electron chi connectivity index (χ1n) is 6.03. The number of anilines is 1. The molecule has 2 N–H and O–H groups in total. The van der Waals surface area contributed by atoms with Crippen LogP contribution in [0.25, 0.3) is 10.9 Å². The Kier molecular flexibility index (Phi) is 4.11. The molecule has 1 heterocycles. The number of methoxy groups -OCH3 is 1. The maximum atomic E-state index is 11.4. The van der Waals surface area contributed by atoms with Crippen LogP contribution in [0, 0.1) is 0 Å². The van der Waals surface area contributed by atoms with E-state index in [1.54, 1.807) is 24.4 Å². The molecule has 5 nitrogen and oxygen atoms in total. The van der Waals surface area contributed by atoms with Gasteiger partial charge in [0, 0.05) is 11.6 Å². The highest BCUT2D eigenvalue weighted by Gasteiger charge is 2.31. The molecule has 2 rings (SSSR count). The van der Waals surface area contributed by atoms with Gasteiger partial charge in [0.1, 0.15) is 0 Å². The molecule has 0 aliphatic rings. The lowest BCUT2D eigenvalue weighted by Gasteiger charge is -2.21. The van der Waals surface area contributed by atoms with Crippen molar-refractivity contribution in [3.63, 3.8) is 0 Å². The molecule has 0 radical (unpaired) electrons. The van der Waals surface area contributed by atoms with Crippen LogP contribution in [0.15, 0.2) is 30.5 Å². The Bertz CT molecular complexity index is 643. The number of pyridine rings is 1. The number of ether oxygens (including phenoxy) is 1. The second-order valence-corrected chi connectivity index (χ2v) is 5.02. The molecule has 0 spiro atoms. The van der Waals surface area contributed by atoms with Crippen LogP contribution >= 0.6 is 11.6 Å². The summed E-state index contributed by atoms with van der Waals surface area (Å²) in [4.78, 5) is 15.7. The molecule has 106 valence electrons. The van der Waals surface area contributed by atoms with Gasteiger partial charge in [0.15, 0.2) is 5.60 Å². The second kappa shape index (κ2) is 5.64. The molecule has 0 saturated heterocycles. The number of benzene rings is 1. The molecule has 0 fully saturated rings. The lowest BCUT2D eigenvalue weighted by atomic mass is 10.1. The molecule has 0 saturated carbocycles. The third kappa shape index (κ3) is 2.84. The number of nitrogens with one attached hydrogen (secondary N) is 1. The topological polar surface area (TPSA) is 71.5 Å². The monoisotopic (exact) mass is 294 g/mol. The van der Waals surface area contributed by atoms with E-state index in [2.05, 4.69) is 15.0 Å². The van der Waals surface area contributed by atoms with Crippen LogP contribution in [0.2, 0.25) is 5.02 Å². The van der Waals surface area contributed by atoms with Crippen molar-refractivity contribution in [3.8, 4) is 0 Å². The number of hydrogen-bond donors (Lipinski definition) is 2. The number of carbonyl (C=O) groups excluding carboxylic acids is 1. The number of fused-ring (bicyclic) bond motifs is 1. The Morgan fingerprint density at radius 2 is 2.25 bits per heavy atom. The number of carbonyl (C=O) groups is 1. The molecular weight excluding hydrogens is 280 g/mol. The van der Waals surface area contributed by atoms with Crippen molar-refractivity contribution in [1.29, 1.82) is 0 Å². The fourth-order valence-electron chi connectivity index (χ4n) is 1.84. The van der Waals surface area contributed by atoms with E-state index >= 15 is 0 Å². The zero-order valence-corrected chi connectivity index (χ0v) is 11.9. The van der Waals surface area contributed by atoms with Crippen molar-refractivity contribution in [1.82, 2.24) is 4.98 Å². The van der Waals surface area contributed by atoms with Crippen LogP contribution in [-0.2, 0) is 9.53 Å². The van der Waals surface area contributed by atoms with Gasteiger partial charge < -0.3 is 15.2 Å². The summed E-state index contributed by atoms with van der Waals surface area (Å²) in [5.74, 6) is -0.698. The second-order valence-electron chi connectivity index (χ2n) is 4.61. The average Bonchev–Trinajstić information content (AvgIpc) is 2.46. The number of rotatable bonds is 4. The summed E-state index contributed by atoms with van der Waals surface area (Å²) in [6.45, 7) is 1.39. The van der Waals surface area contributed by atoms with Crippen molar-refractivity contribution in [2.24, 2.45) is 0 Å². The Balaban J connectivity index is 2.27. The highest BCUT2D eigenvalue weighted by atomic mass is 35.5. The molecule has 2 aromatic rings. The standard InChI is InChI=1S/C14H15ClN2O3/c1-14(19,13(18)20-2)8-17-11-6-5-10(15)9-4-3-7-16-12(9)11/h3-7,17,19H,8H2,1-2H3. The lowest BCUT2D eigenvalue weighted by molar-refractivity contribution is -0.158. The summed E-state index contributed by atoms with van der Waals surface area (Å²) in [6.07, 6.45) is 1.66. The highest BCUT2D eigenvalue weighted by Crippen LogP contribution is 2.28. The van der Waals surface area contributed by atoms with Gasteiger partial charge in [-0.25, -0.2) is 4.79 Å². The van der Waals surface area contributed by atoms with Gasteiger partial charge in [-0.15, -0.1) is 0 Å². The molecule has 1 aromatic carbocycles. The minimum atomic E-state index is -1.62. The molecular formula is C14H15ClN2O3. The smallest absolute Gasteiger partial charge is 0.339 e. The number of esters is 1. The number of aliphatic hydroxyl groups is 1. The van der Waals surface area contributed by atoms with Crippen LogP contribution < -0.4 is 5.32 Å². The van der Waals surface area contributed by atoms with Crippen LogP contribution in [0.3, 0.4) is 0 Å². The first-order chi connectivity index (χ1) is 9.45. The van der Waals surface area contributed by atoms with E-state index in [4.69, 9.17) is 11.6 Å². The van der Waals surface area contributed by atoms with E-state index in [1.807, 2.05) is 6.07 Å². The quantitative estimate of drug-likeness (QED) is 0.846. The van der Waals surface area contributed by atoms with E-state index in [9.17, 15) is 9.90 Å². The molecule has 20 heavy (non-hydrogen) atoms. The number of halogens is 1. The number of hydrogen-bond acceptors (Lipinski definition) is 5. The van der Waals surface area contributed by atoms with Crippen molar-refractivity contribution in [2.45, 2.75) is 12.5 Å². The molecule has 6 heteroatoms. The van der Waals surface area contributed by atoms with Gasteiger partial charge in [-0.3, -0.25) is 4.98 Å². The average molecular weight is 295 g/mol. The molecule has 0 aliphatic heterocycles. The third-order valence-corrected chi connectivity index (χ3v) is 3.29. The van der Waals surface area contributed by atoms with E-state index in [0.717, 1.165) is 5.39 Å². The van der Waals surface area contributed by atoms with Gasteiger partial charge in [0.25, 0.3) is 0 Å².